The van der Waals surface area contributed by atoms with Gasteiger partial charge in [0.2, 0.25) is 0 Å². The second-order valence-corrected chi connectivity index (χ2v) is 6.32. The van der Waals surface area contributed by atoms with Gasteiger partial charge in [-0.1, -0.05) is 31.9 Å². The van der Waals surface area contributed by atoms with E-state index in [9.17, 15) is 0 Å². The number of hydrogen-bond acceptors (Lipinski definition) is 3. The summed E-state index contributed by atoms with van der Waals surface area (Å²) in [5.41, 5.74) is 2.63. The number of rotatable bonds is 8. The van der Waals surface area contributed by atoms with Gasteiger partial charge in [-0.3, -0.25) is 0 Å². The van der Waals surface area contributed by atoms with Crippen molar-refractivity contribution in [2.24, 2.45) is 0 Å². The molecule has 0 amide bonds. The Morgan fingerprint density at radius 2 is 2.04 bits per heavy atom. The van der Waals surface area contributed by atoms with E-state index in [0.29, 0.717) is 6.04 Å². The lowest BCUT2D eigenvalue weighted by Crippen LogP contribution is -2.23. The highest BCUT2D eigenvalue weighted by Crippen LogP contribution is 2.30. The Morgan fingerprint density at radius 3 is 2.87 bits per heavy atom. The van der Waals surface area contributed by atoms with Crippen LogP contribution in [-0.2, 0) is 13.0 Å². The molecule has 1 aliphatic carbocycles. The smallest absolute Gasteiger partial charge is 0.119 e. The largest absolute Gasteiger partial charge is 0.494 e. The van der Waals surface area contributed by atoms with Crippen LogP contribution in [0.2, 0.25) is 0 Å². The Morgan fingerprint density at radius 1 is 1.17 bits per heavy atom. The van der Waals surface area contributed by atoms with Crippen LogP contribution < -0.4 is 10.1 Å². The molecule has 1 heterocycles. The van der Waals surface area contributed by atoms with Crippen LogP contribution in [0.1, 0.15) is 62.0 Å². The summed E-state index contributed by atoms with van der Waals surface area (Å²) in [5.74, 6) is 2.13. The Kier molecular flexibility index (Phi) is 5.76. The number of fused-ring (bicyclic) bond motifs is 1. The van der Waals surface area contributed by atoms with Gasteiger partial charge in [-0.15, -0.1) is 0 Å². The van der Waals surface area contributed by atoms with Gasteiger partial charge in [0.15, 0.2) is 0 Å². The minimum atomic E-state index is 0.419. The van der Waals surface area contributed by atoms with Crippen LogP contribution >= 0.6 is 0 Å². The number of ether oxygens (including phenoxy) is 1. The van der Waals surface area contributed by atoms with Crippen molar-refractivity contribution in [2.75, 3.05) is 6.61 Å². The number of unbranched alkanes of at least 4 members (excludes halogenated alkanes) is 2. The number of hydrogen-bond donors (Lipinski definition) is 1. The minimum Gasteiger partial charge on any atom is -0.494 e. The lowest BCUT2D eigenvalue weighted by molar-refractivity contribution is 0.306. The summed E-state index contributed by atoms with van der Waals surface area (Å²) in [6.45, 7) is 3.91. The van der Waals surface area contributed by atoms with Crippen molar-refractivity contribution in [1.29, 1.82) is 0 Å². The topological polar surface area (TPSA) is 34.4 Å². The second kappa shape index (κ2) is 8.21. The van der Waals surface area contributed by atoms with Crippen molar-refractivity contribution >= 4 is 0 Å². The summed E-state index contributed by atoms with van der Waals surface area (Å²) < 4.78 is 11.3. The molecule has 0 spiro atoms. The zero-order chi connectivity index (χ0) is 15.9. The fourth-order valence-corrected chi connectivity index (χ4v) is 3.19. The molecule has 3 rings (SSSR count). The Balaban J connectivity index is 1.48. The third kappa shape index (κ3) is 4.38. The molecular formula is C20H27NO2. The first-order valence-electron chi connectivity index (χ1n) is 8.88. The predicted octanol–water partition coefficient (Wildman–Crippen LogP) is 5.02. The van der Waals surface area contributed by atoms with Gasteiger partial charge in [-0.05, 0) is 43.0 Å². The van der Waals surface area contributed by atoms with E-state index in [4.69, 9.17) is 9.15 Å². The summed E-state index contributed by atoms with van der Waals surface area (Å²) >= 11 is 0. The molecule has 0 saturated heterocycles. The third-order valence-corrected chi connectivity index (χ3v) is 4.54. The van der Waals surface area contributed by atoms with Crippen LogP contribution in [0.15, 0.2) is 41.0 Å². The van der Waals surface area contributed by atoms with Crippen LogP contribution in [0.4, 0.5) is 0 Å². The molecule has 1 aromatic heterocycles. The highest BCUT2D eigenvalue weighted by Gasteiger charge is 2.21. The molecule has 0 aliphatic heterocycles. The van der Waals surface area contributed by atoms with E-state index >= 15 is 0 Å². The lowest BCUT2D eigenvalue weighted by Gasteiger charge is -2.23. The van der Waals surface area contributed by atoms with Gasteiger partial charge in [0, 0.05) is 24.6 Å². The van der Waals surface area contributed by atoms with Crippen molar-refractivity contribution in [1.82, 2.24) is 5.32 Å². The van der Waals surface area contributed by atoms with Gasteiger partial charge < -0.3 is 14.5 Å². The fraction of sp³-hybridized carbons (Fsp3) is 0.500. The average Bonchev–Trinajstić information content (AvgIpc) is 3.07. The predicted molar refractivity (Wildman–Crippen MR) is 92.7 cm³/mol. The van der Waals surface area contributed by atoms with Gasteiger partial charge in [0.1, 0.15) is 11.5 Å². The molecule has 0 bridgehead atoms. The van der Waals surface area contributed by atoms with Gasteiger partial charge >= 0.3 is 0 Å². The molecule has 1 atom stereocenters. The molecule has 1 aromatic carbocycles. The molecule has 3 heteroatoms. The van der Waals surface area contributed by atoms with Crippen molar-refractivity contribution in [2.45, 2.75) is 58.0 Å². The molecule has 0 fully saturated rings. The quantitative estimate of drug-likeness (QED) is 0.695. The first-order chi connectivity index (χ1) is 11.4. The molecule has 23 heavy (non-hydrogen) atoms. The Bertz CT molecular complexity index is 588. The SMILES string of the molecule is CCCCCOc1ccc(CNC2CCCc3occc32)cc1. The second-order valence-electron chi connectivity index (χ2n) is 6.32. The molecule has 0 saturated carbocycles. The van der Waals surface area contributed by atoms with E-state index in [0.717, 1.165) is 37.5 Å². The van der Waals surface area contributed by atoms with Crippen LogP contribution in [0.5, 0.6) is 5.75 Å². The van der Waals surface area contributed by atoms with E-state index in [-0.39, 0.29) is 0 Å². The summed E-state index contributed by atoms with van der Waals surface area (Å²) in [4.78, 5) is 0. The van der Waals surface area contributed by atoms with Gasteiger partial charge in [-0.2, -0.15) is 0 Å². The summed E-state index contributed by atoms with van der Waals surface area (Å²) in [6, 6.07) is 11.0. The van der Waals surface area contributed by atoms with E-state index < -0.39 is 0 Å². The first-order valence-corrected chi connectivity index (χ1v) is 8.88. The zero-order valence-corrected chi connectivity index (χ0v) is 14.0. The summed E-state index contributed by atoms with van der Waals surface area (Å²) in [6.07, 6.45) is 8.87. The zero-order valence-electron chi connectivity index (χ0n) is 14.0. The van der Waals surface area contributed by atoms with E-state index in [2.05, 4.69) is 42.6 Å². The highest BCUT2D eigenvalue weighted by molar-refractivity contribution is 5.28. The monoisotopic (exact) mass is 313 g/mol. The number of aryl methyl sites for hydroxylation is 1. The highest BCUT2D eigenvalue weighted by atomic mass is 16.5. The maximum atomic E-state index is 5.76. The standard InChI is InChI=1S/C20H27NO2/c1-2-3-4-13-22-17-10-8-16(9-11-17)15-21-19-6-5-7-20-18(19)12-14-23-20/h8-12,14,19,21H,2-7,13,15H2,1H3. The third-order valence-electron chi connectivity index (χ3n) is 4.54. The fourth-order valence-electron chi connectivity index (χ4n) is 3.19. The molecule has 1 N–H and O–H groups in total. The number of nitrogens with one attached hydrogen (secondary N) is 1. The normalized spacial score (nSPS) is 17.0. The van der Waals surface area contributed by atoms with E-state index in [1.54, 1.807) is 0 Å². The Labute approximate surface area is 139 Å². The molecule has 0 radical (unpaired) electrons. The first kappa shape index (κ1) is 16.1. The van der Waals surface area contributed by atoms with Crippen LogP contribution in [0, 0.1) is 0 Å². The summed E-state index contributed by atoms with van der Waals surface area (Å²) in [5, 5.41) is 3.66. The molecule has 124 valence electrons. The van der Waals surface area contributed by atoms with Gasteiger partial charge in [0.25, 0.3) is 0 Å². The minimum absolute atomic E-state index is 0.419. The average molecular weight is 313 g/mol. The maximum Gasteiger partial charge on any atom is 0.119 e. The van der Waals surface area contributed by atoms with Crippen LogP contribution in [-0.4, -0.2) is 6.61 Å². The molecular weight excluding hydrogens is 286 g/mol. The lowest BCUT2D eigenvalue weighted by atomic mass is 9.93. The van der Waals surface area contributed by atoms with Crippen LogP contribution in [0.25, 0.3) is 0 Å². The van der Waals surface area contributed by atoms with Crippen molar-refractivity contribution in [3.8, 4) is 5.75 Å². The summed E-state index contributed by atoms with van der Waals surface area (Å²) in [7, 11) is 0. The maximum absolute atomic E-state index is 5.76. The van der Waals surface area contributed by atoms with E-state index in [1.807, 2.05) is 6.26 Å². The molecule has 2 aromatic rings. The number of benzene rings is 1. The van der Waals surface area contributed by atoms with Crippen molar-refractivity contribution < 1.29 is 9.15 Å². The number of furan rings is 1. The van der Waals surface area contributed by atoms with Crippen molar-refractivity contribution in [3.05, 3.63) is 53.5 Å². The van der Waals surface area contributed by atoms with Gasteiger partial charge in [0.05, 0.1) is 12.9 Å². The van der Waals surface area contributed by atoms with Crippen LogP contribution in [0.3, 0.4) is 0 Å². The van der Waals surface area contributed by atoms with Gasteiger partial charge in [-0.25, -0.2) is 0 Å². The molecule has 1 unspecified atom stereocenters. The van der Waals surface area contributed by atoms with Crippen molar-refractivity contribution in [3.63, 3.8) is 0 Å². The van der Waals surface area contributed by atoms with E-state index in [1.165, 1.54) is 36.8 Å². The Hall–Kier alpha value is -1.74. The molecule has 1 aliphatic rings. The molecule has 3 nitrogen and oxygen atoms in total.